The molecule has 0 spiro atoms. The van der Waals surface area contributed by atoms with Gasteiger partial charge in [0.15, 0.2) is 0 Å². The Morgan fingerprint density at radius 1 is 1.00 bits per heavy atom. The fraction of sp³-hybridized carbons (Fsp3) is 0.294. The fourth-order valence-electron chi connectivity index (χ4n) is 2.63. The summed E-state index contributed by atoms with van der Waals surface area (Å²) in [5, 5.41) is 19.7. The monoisotopic (exact) mass is 274 g/mol. The molecule has 3 heteroatoms. The summed E-state index contributed by atoms with van der Waals surface area (Å²) < 4.78 is 13.3. The van der Waals surface area contributed by atoms with Crippen LogP contribution in [0.2, 0.25) is 0 Å². The molecule has 2 aromatic carbocycles. The molecule has 2 rings (SSSR count). The molecule has 0 bridgehead atoms. The van der Waals surface area contributed by atoms with Gasteiger partial charge in [0, 0.05) is 5.41 Å². The molecule has 2 nitrogen and oxygen atoms in total. The number of benzene rings is 2. The summed E-state index contributed by atoms with van der Waals surface area (Å²) >= 11 is 0. The first-order chi connectivity index (χ1) is 9.61. The maximum Gasteiger partial charge on any atom is 0.123 e. The van der Waals surface area contributed by atoms with Gasteiger partial charge in [0.2, 0.25) is 0 Å². The molecule has 2 N–H and O–H groups in total. The van der Waals surface area contributed by atoms with Crippen LogP contribution in [0.5, 0.6) is 0 Å². The molecule has 0 saturated carbocycles. The first-order valence-corrected chi connectivity index (χ1v) is 6.63. The van der Waals surface area contributed by atoms with Gasteiger partial charge in [-0.3, -0.25) is 0 Å². The third-order valence-corrected chi connectivity index (χ3v) is 3.75. The van der Waals surface area contributed by atoms with Gasteiger partial charge in [0.25, 0.3) is 0 Å². The van der Waals surface area contributed by atoms with Crippen molar-refractivity contribution >= 4 is 0 Å². The summed E-state index contributed by atoms with van der Waals surface area (Å²) in [6.07, 6.45) is 0.391. The summed E-state index contributed by atoms with van der Waals surface area (Å²) in [7, 11) is 0. The van der Waals surface area contributed by atoms with Crippen LogP contribution in [0.25, 0.3) is 0 Å². The molecular formula is C17H19FO2. The van der Waals surface area contributed by atoms with Crippen LogP contribution in [-0.2, 0) is 11.8 Å². The lowest BCUT2D eigenvalue weighted by molar-refractivity contribution is 0.115. The average molecular weight is 274 g/mol. The van der Waals surface area contributed by atoms with Gasteiger partial charge in [-0.25, -0.2) is 4.39 Å². The van der Waals surface area contributed by atoms with E-state index in [0.29, 0.717) is 6.42 Å². The van der Waals surface area contributed by atoms with E-state index in [1.54, 1.807) is 12.1 Å². The second-order valence-corrected chi connectivity index (χ2v) is 5.22. The Kier molecular flexibility index (Phi) is 4.53. The molecule has 0 aliphatic carbocycles. The molecule has 0 fully saturated rings. The number of halogens is 1. The Bertz CT molecular complexity index is 577. The number of hydrogen-bond acceptors (Lipinski definition) is 2. The van der Waals surface area contributed by atoms with Crippen molar-refractivity contribution < 1.29 is 14.6 Å². The molecule has 0 aliphatic heterocycles. The molecule has 0 aliphatic rings. The van der Waals surface area contributed by atoms with Crippen molar-refractivity contribution in [2.75, 3.05) is 13.2 Å². The summed E-state index contributed by atoms with van der Waals surface area (Å²) in [5.74, 6) is -0.308. The first kappa shape index (κ1) is 14.7. The van der Waals surface area contributed by atoms with Crippen molar-refractivity contribution in [2.24, 2.45) is 0 Å². The Morgan fingerprint density at radius 2 is 1.70 bits per heavy atom. The van der Waals surface area contributed by atoms with Crippen LogP contribution in [-0.4, -0.2) is 23.4 Å². The predicted octanol–water partition coefficient (Wildman–Crippen LogP) is 2.60. The molecule has 2 aromatic rings. The van der Waals surface area contributed by atoms with Crippen molar-refractivity contribution in [1.29, 1.82) is 0 Å². The topological polar surface area (TPSA) is 40.5 Å². The normalized spacial score (nSPS) is 11.6. The zero-order valence-corrected chi connectivity index (χ0v) is 11.5. The zero-order chi connectivity index (χ0) is 14.6. The van der Waals surface area contributed by atoms with E-state index < -0.39 is 5.41 Å². The number of aryl methyl sites for hydroxylation is 1. The fourth-order valence-corrected chi connectivity index (χ4v) is 2.63. The van der Waals surface area contributed by atoms with E-state index in [-0.39, 0.29) is 19.0 Å². The van der Waals surface area contributed by atoms with Gasteiger partial charge in [-0.05, 0) is 42.2 Å². The molecule has 0 radical (unpaired) electrons. The average Bonchev–Trinajstić information content (AvgIpc) is 2.46. The van der Waals surface area contributed by atoms with Crippen LogP contribution in [0, 0.1) is 12.7 Å². The zero-order valence-electron chi connectivity index (χ0n) is 11.5. The van der Waals surface area contributed by atoms with Crippen LogP contribution in [0.15, 0.2) is 48.5 Å². The van der Waals surface area contributed by atoms with Gasteiger partial charge in [-0.15, -0.1) is 0 Å². The van der Waals surface area contributed by atoms with Gasteiger partial charge in [0.05, 0.1) is 13.2 Å². The van der Waals surface area contributed by atoms with Crippen LogP contribution >= 0.6 is 0 Å². The summed E-state index contributed by atoms with van der Waals surface area (Å²) in [6.45, 7) is 1.57. The number of aliphatic hydroxyl groups excluding tert-OH is 2. The molecule has 20 heavy (non-hydrogen) atoms. The van der Waals surface area contributed by atoms with Crippen molar-refractivity contribution in [1.82, 2.24) is 0 Å². The van der Waals surface area contributed by atoms with E-state index in [0.717, 1.165) is 16.7 Å². The van der Waals surface area contributed by atoms with Crippen LogP contribution in [0.1, 0.15) is 16.7 Å². The molecule has 0 amide bonds. The third-order valence-electron chi connectivity index (χ3n) is 3.75. The molecule has 0 saturated heterocycles. The second kappa shape index (κ2) is 6.16. The van der Waals surface area contributed by atoms with E-state index in [1.165, 1.54) is 12.1 Å². The molecule has 106 valence electrons. The molecule has 0 atom stereocenters. The Morgan fingerprint density at radius 3 is 2.30 bits per heavy atom. The molecule has 0 unspecified atom stereocenters. The number of hydrogen-bond donors (Lipinski definition) is 2. The number of rotatable bonds is 5. The summed E-state index contributed by atoms with van der Waals surface area (Å²) in [6, 6.07) is 13.9. The standard InChI is InChI=1S/C17H19FO2/c1-13-5-2-3-8-16(13)17(11-19,12-20)10-14-6-4-7-15(18)9-14/h2-9,19-20H,10-12H2,1H3. The SMILES string of the molecule is Cc1ccccc1C(CO)(CO)Cc1cccc(F)c1. The quantitative estimate of drug-likeness (QED) is 0.880. The van der Waals surface area contributed by atoms with E-state index in [9.17, 15) is 14.6 Å². The van der Waals surface area contributed by atoms with Crippen molar-refractivity contribution in [2.45, 2.75) is 18.8 Å². The van der Waals surface area contributed by atoms with Crippen LogP contribution < -0.4 is 0 Å². The molecule has 0 aromatic heterocycles. The smallest absolute Gasteiger partial charge is 0.123 e. The molecule has 0 heterocycles. The van der Waals surface area contributed by atoms with Gasteiger partial charge in [-0.1, -0.05) is 36.4 Å². The maximum absolute atomic E-state index is 13.3. The lowest BCUT2D eigenvalue weighted by Gasteiger charge is -2.32. The minimum atomic E-state index is -0.793. The third kappa shape index (κ3) is 2.89. The van der Waals surface area contributed by atoms with E-state index in [4.69, 9.17) is 0 Å². The number of aliphatic hydroxyl groups is 2. The Balaban J connectivity index is 2.42. The van der Waals surface area contributed by atoms with Crippen molar-refractivity contribution in [3.8, 4) is 0 Å². The lowest BCUT2D eigenvalue weighted by Crippen LogP contribution is -2.38. The van der Waals surface area contributed by atoms with E-state index in [2.05, 4.69) is 0 Å². The minimum absolute atomic E-state index is 0.190. The Labute approximate surface area is 118 Å². The largest absolute Gasteiger partial charge is 0.395 e. The van der Waals surface area contributed by atoms with E-state index in [1.807, 2.05) is 31.2 Å². The van der Waals surface area contributed by atoms with Crippen LogP contribution in [0.4, 0.5) is 4.39 Å². The minimum Gasteiger partial charge on any atom is -0.395 e. The van der Waals surface area contributed by atoms with Gasteiger partial charge in [0.1, 0.15) is 5.82 Å². The van der Waals surface area contributed by atoms with Gasteiger partial charge >= 0.3 is 0 Å². The lowest BCUT2D eigenvalue weighted by atomic mass is 9.75. The highest BCUT2D eigenvalue weighted by Crippen LogP contribution is 2.30. The Hall–Kier alpha value is -1.71. The first-order valence-electron chi connectivity index (χ1n) is 6.63. The van der Waals surface area contributed by atoms with Gasteiger partial charge < -0.3 is 10.2 Å². The second-order valence-electron chi connectivity index (χ2n) is 5.22. The van der Waals surface area contributed by atoms with Gasteiger partial charge in [-0.2, -0.15) is 0 Å². The maximum atomic E-state index is 13.3. The summed E-state index contributed by atoms with van der Waals surface area (Å²) in [4.78, 5) is 0. The molecular weight excluding hydrogens is 255 g/mol. The highest BCUT2D eigenvalue weighted by atomic mass is 19.1. The van der Waals surface area contributed by atoms with Crippen molar-refractivity contribution in [3.05, 3.63) is 71.0 Å². The van der Waals surface area contributed by atoms with Crippen LogP contribution in [0.3, 0.4) is 0 Å². The summed E-state index contributed by atoms with van der Waals surface area (Å²) in [5.41, 5.74) is 1.87. The highest BCUT2D eigenvalue weighted by Gasteiger charge is 2.32. The van der Waals surface area contributed by atoms with Crippen molar-refractivity contribution in [3.63, 3.8) is 0 Å². The predicted molar refractivity (Wildman–Crippen MR) is 77.1 cm³/mol. The van der Waals surface area contributed by atoms with E-state index >= 15 is 0 Å². The highest BCUT2D eigenvalue weighted by molar-refractivity contribution is 5.36.